The minimum Gasteiger partial charge on any atom is -0.467 e. The molecule has 4 aromatic rings. The van der Waals surface area contributed by atoms with Crippen LogP contribution in [0.3, 0.4) is 0 Å². The molecule has 1 amide bonds. The summed E-state index contributed by atoms with van der Waals surface area (Å²) in [4.78, 5) is 17.2. The highest BCUT2D eigenvalue weighted by molar-refractivity contribution is 6.35. The number of nitrogens with one attached hydrogen (secondary N) is 1. The molecule has 0 aliphatic carbocycles. The lowest BCUT2D eigenvalue weighted by Crippen LogP contribution is -2.27. The summed E-state index contributed by atoms with van der Waals surface area (Å²) >= 11 is 12.3. The van der Waals surface area contributed by atoms with Gasteiger partial charge in [0, 0.05) is 16.5 Å². The zero-order chi connectivity index (χ0) is 19.5. The highest BCUT2D eigenvalue weighted by Gasteiger charge is 2.15. The van der Waals surface area contributed by atoms with Crippen LogP contribution < -0.4 is 5.32 Å². The number of hydrogen-bond donors (Lipinski definition) is 1. The molecule has 28 heavy (non-hydrogen) atoms. The third-order valence-electron chi connectivity index (χ3n) is 4.44. The second-order valence-electron chi connectivity index (χ2n) is 6.37. The number of fused-ring (bicyclic) bond motifs is 1. The SMILES string of the molecule is O=C(Cn1c(Cc2ccc(Cl)cc2Cl)nc2ccccc21)NCc1ccco1. The lowest BCUT2D eigenvalue weighted by molar-refractivity contribution is -0.121. The smallest absolute Gasteiger partial charge is 0.240 e. The number of aromatic nitrogens is 2. The monoisotopic (exact) mass is 413 g/mol. The number of carbonyl (C=O) groups is 1. The molecule has 0 saturated carbocycles. The van der Waals surface area contributed by atoms with Crippen LogP contribution in [0.1, 0.15) is 17.1 Å². The van der Waals surface area contributed by atoms with Crippen molar-refractivity contribution in [2.75, 3.05) is 0 Å². The van der Waals surface area contributed by atoms with Gasteiger partial charge in [-0.2, -0.15) is 0 Å². The van der Waals surface area contributed by atoms with Gasteiger partial charge in [-0.25, -0.2) is 4.98 Å². The van der Waals surface area contributed by atoms with E-state index >= 15 is 0 Å². The van der Waals surface area contributed by atoms with Crippen LogP contribution in [0, 0.1) is 0 Å². The normalized spacial score (nSPS) is 11.1. The van der Waals surface area contributed by atoms with Gasteiger partial charge in [0.05, 0.1) is 23.8 Å². The molecule has 0 atom stereocenters. The molecule has 2 aromatic heterocycles. The Morgan fingerprint density at radius 3 is 2.75 bits per heavy atom. The van der Waals surface area contributed by atoms with Crippen molar-refractivity contribution < 1.29 is 9.21 Å². The van der Waals surface area contributed by atoms with Crippen molar-refractivity contribution in [3.8, 4) is 0 Å². The number of amides is 1. The molecular formula is C21H17Cl2N3O2. The minimum atomic E-state index is -0.122. The number of halogens is 2. The van der Waals surface area contributed by atoms with Gasteiger partial charge < -0.3 is 14.3 Å². The van der Waals surface area contributed by atoms with Gasteiger partial charge in [0.25, 0.3) is 0 Å². The molecule has 0 saturated heterocycles. The fraction of sp³-hybridized carbons (Fsp3) is 0.143. The number of hydrogen-bond acceptors (Lipinski definition) is 3. The van der Waals surface area contributed by atoms with Crippen molar-refractivity contribution >= 4 is 40.1 Å². The summed E-state index contributed by atoms with van der Waals surface area (Å²) in [5, 5.41) is 4.03. The Labute approximate surface area is 171 Å². The number of para-hydroxylation sites is 2. The summed E-state index contributed by atoms with van der Waals surface area (Å²) in [6.45, 7) is 0.499. The van der Waals surface area contributed by atoms with Crippen molar-refractivity contribution in [2.24, 2.45) is 0 Å². The lowest BCUT2D eigenvalue weighted by Gasteiger charge is -2.10. The maximum atomic E-state index is 12.5. The van der Waals surface area contributed by atoms with E-state index in [0.717, 1.165) is 22.4 Å². The third kappa shape index (κ3) is 4.06. The molecule has 0 aliphatic heterocycles. The molecule has 0 unspecified atom stereocenters. The second kappa shape index (κ2) is 8.09. The molecule has 7 heteroatoms. The van der Waals surface area contributed by atoms with Crippen LogP contribution in [0.25, 0.3) is 11.0 Å². The van der Waals surface area contributed by atoms with Gasteiger partial charge in [-0.05, 0) is 42.0 Å². The van der Waals surface area contributed by atoms with E-state index in [9.17, 15) is 4.79 Å². The quantitative estimate of drug-likeness (QED) is 0.491. The molecule has 0 fully saturated rings. The van der Waals surface area contributed by atoms with E-state index in [1.807, 2.05) is 41.0 Å². The van der Waals surface area contributed by atoms with Gasteiger partial charge in [0.1, 0.15) is 18.1 Å². The van der Waals surface area contributed by atoms with Gasteiger partial charge in [-0.3, -0.25) is 4.79 Å². The summed E-state index contributed by atoms with van der Waals surface area (Å²) in [5.74, 6) is 1.35. The Hall–Kier alpha value is -2.76. The van der Waals surface area contributed by atoms with E-state index in [2.05, 4.69) is 5.32 Å². The number of benzene rings is 2. The van der Waals surface area contributed by atoms with Gasteiger partial charge in [0.15, 0.2) is 0 Å². The van der Waals surface area contributed by atoms with Crippen LogP contribution in [0.2, 0.25) is 10.0 Å². The number of carbonyl (C=O) groups excluding carboxylic acids is 1. The molecule has 5 nitrogen and oxygen atoms in total. The number of furan rings is 1. The fourth-order valence-electron chi connectivity index (χ4n) is 3.07. The van der Waals surface area contributed by atoms with Crippen LogP contribution in [0.5, 0.6) is 0 Å². The largest absolute Gasteiger partial charge is 0.467 e. The second-order valence-corrected chi connectivity index (χ2v) is 7.22. The van der Waals surface area contributed by atoms with Crippen LogP contribution in [-0.4, -0.2) is 15.5 Å². The Balaban J connectivity index is 1.60. The first kappa shape index (κ1) is 18.6. The van der Waals surface area contributed by atoms with Crippen molar-refractivity contribution in [3.63, 3.8) is 0 Å². The zero-order valence-corrected chi connectivity index (χ0v) is 16.4. The number of rotatable bonds is 6. The summed E-state index contributed by atoms with van der Waals surface area (Å²) in [7, 11) is 0. The molecule has 0 aliphatic rings. The zero-order valence-electron chi connectivity index (χ0n) is 14.9. The Morgan fingerprint density at radius 2 is 1.96 bits per heavy atom. The topological polar surface area (TPSA) is 60.1 Å². The highest BCUT2D eigenvalue weighted by Crippen LogP contribution is 2.25. The average molecular weight is 414 g/mol. The molecule has 2 heterocycles. The summed E-state index contributed by atoms with van der Waals surface area (Å²) in [6.07, 6.45) is 2.08. The average Bonchev–Trinajstić information content (AvgIpc) is 3.31. The molecule has 2 aromatic carbocycles. The summed E-state index contributed by atoms with van der Waals surface area (Å²) in [6, 6.07) is 16.7. The number of nitrogens with zero attached hydrogens (tertiary/aromatic N) is 2. The molecule has 0 spiro atoms. The van der Waals surface area contributed by atoms with E-state index in [1.54, 1.807) is 24.5 Å². The Kier molecular flexibility index (Phi) is 5.37. The summed E-state index contributed by atoms with van der Waals surface area (Å²) in [5.41, 5.74) is 2.63. The van der Waals surface area contributed by atoms with Crippen molar-refractivity contribution in [1.29, 1.82) is 0 Å². The molecule has 142 valence electrons. The maximum absolute atomic E-state index is 12.5. The molecular weight excluding hydrogens is 397 g/mol. The van der Waals surface area contributed by atoms with Crippen molar-refractivity contribution in [1.82, 2.24) is 14.9 Å². The van der Waals surface area contributed by atoms with Crippen LogP contribution in [-0.2, 0) is 24.3 Å². The number of imidazole rings is 1. The van der Waals surface area contributed by atoms with Crippen LogP contribution in [0.15, 0.2) is 65.3 Å². The first-order valence-electron chi connectivity index (χ1n) is 8.77. The van der Waals surface area contributed by atoms with Gasteiger partial charge >= 0.3 is 0 Å². The van der Waals surface area contributed by atoms with Gasteiger partial charge in [-0.15, -0.1) is 0 Å². The lowest BCUT2D eigenvalue weighted by atomic mass is 10.1. The van der Waals surface area contributed by atoms with Crippen LogP contribution >= 0.6 is 23.2 Å². The first-order chi connectivity index (χ1) is 13.6. The molecule has 1 N–H and O–H groups in total. The van der Waals surface area contributed by atoms with Crippen LogP contribution in [0.4, 0.5) is 0 Å². The molecule has 4 rings (SSSR count). The van der Waals surface area contributed by atoms with E-state index in [0.29, 0.717) is 28.8 Å². The Bertz CT molecular complexity index is 1120. The van der Waals surface area contributed by atoms with E-state index in [1.165, 1.54) is 0 Å². The van der Waals surface area contributed by atoms with E-state index < -0.39 is 0 Å². The van der Waals surface area contributed by atoms with Crippen molar-refractivity contribution in [3.05, 3.63) is 88.1 Å². The van der Waals surface area contributed by atoms with Gasteiger partial charge in [0.2, 0.25) is 5.91 Å². The van der Waals surface area contributed by atoms with E-state index in [-0.39, 0.29) is 12.5 Å². The molecule has 0 bridgehead atoms. The standard InChI is InChI=1S/C21H17Cl2N3O2/c22-15-8-7-14(17(23)11-15)10-20-25-18-5-1-2-6-19(18)26(20)13-21(27)24-12-16-4-3-9-28-16/h1-9,11H,10,12-13H2,(H,24,27). The highest BCUT2D eigenvalue weighted by atomic mass is 35.5. The summed E-state index contributed by atoms with van der Waals surface area (Å²) < 4.78 is 7.17. The fourth-order valence-corrected chi connectivity index (χ4v) is 3.55. The van der Waals surface area contributed by atoms with Gasteiger partial charge in [-0.1, -0.05) is 41.4 Å². The predicted octanol–water partition coefficient (Wildman–Crippen LogP) is 4.84. The minimum absolute atomic E-state index is 0.122. The first-order valence-corrected chi connectivity index (χ1v) is 9.53. The van der Waals surface area contributed by atoms with E-state index in [4.69, 9.17) is 32.6 Å². The Morgan fingerprint density at radius 1 is 1.11 bits per heavy atom. The predicted molar refractivity (Wildman–Crippen MR) is 110 cm³/mol. The molecule has 0 radical (unpaired) electrons. The third-order valence-corrected chi connectivity index (χ3v) is 5.03. The maximum Gasteiger partial charge on any atom is 0.240 e. The van der Waals surface area contributed by atoms with Crippen molar-refractivity contribution in [2.45, 2.75) is 19.5 Å².